The van der Waals surface area contributed by atoms with Gasteiger partial charge in [0, 0.05) is 5.56 Å². The second-order valence-electron chi connectivity index (χ2n) is 10.5. The highest BCUT2D eigenvalue weighted by atomic mass is 19.1. The summed E-state index contributed by atoms with van der Waals surface area (Å²) in [5.41, 5.74) is 3.05. The fourth-order valence-electron chi connectivity index (χ4n) is 6.22. The van der Waals surface area contributed by atoms with Crippen molar-refractivity contribution in [1.29, 1.82) is 0 Å². The van der Waals surface area contributed by atoms with Crippen molar-refractivity contribution >= 4 is 0 Å². The van der Waals surface area contributed by atoms with E-state index in [1.807, 2.05) is 6.07 Å². The van der Waals surface area contributed by atoms with E-state index in [1.54, 1.807) is 6.07 Å². The van der Waals surface area contributed by atoms with Crippen molar-refractivity contribution in [2.75, 3.05) is 0 Å². The molecule has 3 aliphatic carbocycles. The minimum Gasteiger partial charge on any atom is -0.233 e. The van der Waals surface area contributed by atoms with Crippen LogP contribution < -0.4 is 0 Å². The maximum absolute atomic E-state index is 14.7. The molecule has 0 N–H and O–H groups in total. The summed E-state index contributed by atoms with van der Waals surface area (Å²) in [5, 5.41) is 0. The summed E-state index contributed by atoms with van der Waals surface area (Å²) in [7, 11) is 0. The molecule has 0 spiro atoms. The zero-order valence-corrected chi connectivity index (χ0v) is 19.4. The van der Waals surface area contributed by atoms with Gasteiger partial charge in [-0.15, -0.1) is 0 Å². The van der Waals surface area contributed by atoms with Crippen molar-refractivity contribution in [1.82, 2.24) is 0 Å². The molecule has 31 heavy (non-hydrogen) atoms. The molecule has 172 valence electrons. The Morgan fingerprint density at radius 3 is 2.16 bits per heavy atom. The number of hydrogen-bond donors (Lipinski definition) is 0. The lowest BCUT2D eigenvalue weighted by molar-refractivity contribution is -0.336. The second kappa shape index (κ2) is 11.1. The van der Waals surface area contributed by atoms with E-state index in [0.717, 1.165) is 43.4 Å². The third-order valence-electron chi connectivity index (χ3n) is 8.51. The minimum absolute atomic E-state index is 0.111. The van der Waals surface area contributed by atoms with E-state index in [-0.39, 0.29) is 18.5 Å². The van der Waals surface area contributed by atoms with Gasteiger partial charge in [-0.05, 0) is 99.5 Å². The lowest BCUT2D eigenvalue weighted by Gasteiger charge is -2.38. The highest BCUT2D eigenvalue weighted by molar-refractivity contribution is 5.27. The first-order chi connectivity index (χ1) is 15.1. The normalized spacial score (nSPS) is 30.5. The smallest absolute Gasteiger partial charge is 0.129 e. The molecule has 3 fully saturated rings. The van der Waals surface area contributed by atoms with Crippen LogP contribution in [0.3, 0.4) is 0 Å². The minimum atomic E-state index is -0.155. The first-order valence-electron chi connectivity index (χ1n) is 12.9. The Kier molecular flexibility index (Phi) is 8.23. The van der Waals surface area contributed by atoms with Gasteiger partial charge in [0.1, 0.15) is 12.4 Å². The number of halogens is 1. The molecule has 0 atom stereocenters. The Bertz CT molecular complexity index is 704. The third kappa shape index (κ3) is 6.20. The highest BCUT2D eigenvalue weighted by Gasteiger charge is 2.31. The molecule has 1 aromatic rings. The SMILES string of the molecule is C=C1CCC(OOCc2ccc(C3CCC(C4CCC(CC)CC4)CC3)cc2F)CC1. The van der Waals surface area contributed by atoms with Gasteiger partial charge in [0.15, 0.2) is 0 Å². The fourth-order valence-corrected chi connectivity index (χ4v) is 6.22. The van der Waals surface area contributed by atoms with Crippen LogP contribution in [0.2, 0.25) is 0 Å². The summed E-state index contributed by atoms with van der Waals surface area (Å²) in [4.78, 5) is 10.9. The molecule has 0 radical (unpaired) electrons. The second-order valence-corrected chi connectivity index (χ2v) is 10.5. The Morgan fingerprint density at radius 2 is 1.55 bits per heavy atom. The van der Waals surface area contributed by atoms with E-state index in [4.69, 9.17) is 9.78 Å². The quantitative estimate of drug-likeness (QED) is 0.247. The molecule has 2 nitrogen and oxygen atoms in total. The standard InChI is InChI=1S/C28H41FO2/c1-3-21-6-8-22(9-7-21)23-10-12-24(13-11-23)25-14-15-26(28(29)18-25)19-30-31-27-16-4-20(2)5-17-27/h14-15,18,21-24,27H,2-13,16-17,19H2,1H3. The van der Waals surface area contributed by atoms with Crippen LogP contribution in [0.4, 0.5) is 4.39 Å². The molecule has 0 bridgehead atoms. The summed E-state index contributed by atoms with van der Waals surface area (Å²) < 4.78 is 14.7. The van der Waals surface area contributed by atoms with Gasteiger partial charge in [-0.25, -0.2) is 14.2 Å². The first kappa shape index (κ1) is 23.0. The van der Waals surface area contributed by atoms with Gasteiger partial charge in [-0.1, -0.05) is 50.5 Å². The number of benzene rings is 1. The third-order valence-corrected chi connectivity index (χ3v) is 8.51. The van der Waals surface area contributed by atoms with E-state index in [9.17, 15) is 4.39 Å². The maximum Gasteiger partial charge on any atom is 0.129 e. The average molecular weight is 429 g/mol. The summed E-state index contributed by atoms with van der Waals surface area (Å²) in [6, 6.07) is 5.76. The monoisotopic (exact) mass is 428 g/mol. The summed E-state index contributed by atoms with van der Waals surface area (Å²) in [6.45, 7) is 6.54. The predicted molar refractivity (Wildman–Crippen MR) is 124 cm³/mol. The molecule has 0 amide bonds. The average Bonchev–Trinajstić information content (AvgIpc) is 2.81. The maximum atomic E-state index is 14.7. The lowest BCUT2D eigenvalue weighted by Crippen LogP contribution is -2.25. The molecule has 1 aromatic carbocycles. The van der Waals surface area contributed by atoms with Crippen LogP contribution in [0.25, 0.3) is 0 Å². The van der Waals surface area contributed by atoms with Crippen LogP contribution in [-0.4, -0.2) is 6.10 Å². The van der Waals surface area contributed by atoms with Crippen LogP contribution in [0, 0.1) is 23.6 Å². The van der Waals surface area contributed by atoms with Gasteiger partial charge in [0.05, 0.1) is 6.10 Å². The number of rotatable bonds is 7. The van der Waals surface area contributed by atoms with Crippen LogP contribution >= 0.6 is 0 Å². The first-order valence-corrected chi connectivity index (χ1v) is 12.9. The summed E-state index contributed by atoms with van der Waals surface area (Å²) in [6.07, 6.45) is 16.2. The molecule has 0 unspecified atom stereocenters. The van der Waals surface area contributed by atoms with E-state index >= 15 is 0 Å². The van der Waals surface area contributed by atoms with Crippen molar-refractivity contribution in [3.63, 3.8) is 0 Å². The van der Waals surface area contributed by atoms with Crippen LogP contribution in [0.5, 0.6) is 0 Å². The van der Waals surface area contributed by atoms with Gasteiger partial charge in [0.25, 0.3) is 0 Å². The molecular weight excluding hydrogens is 387 g/mol. The molecule has 4 rings (SSSR count). The molecular formula is C28H41FO2. The molecule has 3 heteroatoms. The number of hydrogen-bond acceptors (Lipinski definition) is 2. The van der Waals surface area contributed by atoms with Gasteiger partial charge in [0.2, 0.25) is 0 Å². The van der Waals surface area contributed by atoms with Crippen molar-refractivity contribution in [3.05, 3.63) is 47.3 Å². The zero-order chi connectivity index (χ0) is 21.6. The van der Waals surface area contributed by atoms with Gasteiger partial charge in [-0.2, -0.15) is 0 Å². The van der Waals surface area contributed by atoms with Gasteiger partial charge >= 0.3 is 0 Å². The Hall–Kier alpha value is -1.19. The van der Waals surface area contributed by atoms with Crippen LogP contribution in [0.1, 0.15) is 107 Å². The van der Waals surface area contributed by atoms with E-state index in [1.165, 1.54) is 68.9 Å². The van der Waals surface area contributed by atoms with E-state index in [0.29, 0.717) is 11.5 Å². The largest absolute Gasteiger partial charge is 0.233 e. The van der Waals surface area contributed by atoms with Crippen molar-refractivity contribution < 1.29 is 14.2 Å². The van der Waals surface area contributed by atoms with Crippen molar-refractivity contribution in [2.45, 2.75) is 109 Å². The van der Waals surface area contributed by atoms with Crippen molar-refractivity contribution in [3.8, 4) is 0 Å². The Morgan fingerprint density at radius 1 is 0.903 bits per heavy atom. The predicted octanol–water partition coefficient (Wildman–Crippen LogP) is 8.26. The molecule has 0 aliphatic heterocycles. The highest BCUT2D eigenvalue weighted by Crippen LogP contribution is 2.44. The van der Waals surface area contributed by atoms with E-state index in [2.05, 4.69) is 19.6 Å². The zero-order valence-electron chi connectivity index (χ0n) is 19.4. The Labute approximate surface area is 188 Å². The van der Waals surface area contributed by atoms with Gasteiger partial charge in [-0.3, -0.25) is 0 Å². The van der Waals surface area contributed by atoms with Crippen LogP contribution in [0.15, 0.2) is 30.4 Å². The number of allylic oxidation sites excluding steroid dienone is 1. The Balaban J connectivity index is 1.22. The van der Waals surface area contributed by atoms with Crippen LogP contribution in [-0.2, 0) is 16.4 Å². The molecule has 3 aliphatic rings. The van der Waals surface area contributed by atoms with E-state index < -0.39 is 0 Å². The van der Waals surface area contributed by atoms with Crippen molar-refractivity contribution in [2.24, 2.45) is 17.8 Å². The van der Waals surface area contributed by atoms with Gasteiger partial charge < -0.3 is 0 Å². The summed E-state index contributed by atoms with van der Waals surface area (Å²) >= 11 is 0. The fraction of sp³-hybridized carbons (Fsp3) is 0.714. The molecule has 0 aromatic heterocycles. The lowest BCUT2D eigenvalue weighted by atomic mass is 9.68. The molecule has 3 saturated carbocycles. The topological polar surface area (TPSA) is 18.5 Å². The summed E-state index contributed by atoms with van der Waals surface area (Å²) in [5.74, 6) is 3.19. The molecule has 0 saturated heterocycles. The molecule has 0 heterocycles.